The van der Waals surface area contributed by atoms with Gasteiger partial charge < -0.3 is 14.6 Å². The number of methoxy groups -OCH3 is 1. The Kier molecular flexibility index (Phi) is 5.34. The number of carbonyl (C=O) groups is 1. The van der Waals surface area contributed by atoms with Crippen molar-refractivity contribution in [2.24, 2.45) is 0 Å². The number of aromatic amines is 1. The van der Waals surface area contributed by atoms with Gasteiger partial charge in [0.1, 0.15) is 0 Å². The van der Waals surface area contributed by atoms with Crippen molar-refractivity contribution in [1.82, 2.24) is 14.5 Å². The van der Waals surface area contributed by atoms with Crippen LogP contribution in [-0.2, 0) is 11.3 Å². The van der Waals surface area contributed by atoms with Gasteiger partial charge in [0.2, 0.25) is 0 Å². The summed E-state index contributed by atoms with van der Waals surface area (Å²) in [7, 11) is 1.33. The first kappa shape index (κ1) is 17.8. The molecule has 1 fully saturated rings. The highest BCUT2D eigenvalue weighted by molar-refractivity contribution is 7.71. The molecule has 25 heavy (non-hydrogen) atoms. The summed E-state index contributed by atoms with van der Waals surface area (Å²) in [6.45, 7) is 5.06. The van der Waals surface area contributed by atoms with Crippen molar-refractivity contribution >= 4 is 29.1 Å². The predicted octanol–water partition coefficient (Wildman–Crippen LogP) is 2.72. The lowest BCUT2D eigenvalue weighted by molar-refractivity contribution is 0.0601. The maximum atomic E-state index is 12.8. The van der Waals surface area contributed by atoms with E-state index in [4.69, 9.17) is 17.0 Å². The zero-order valence-corrected chi connectivity index (χ0v) is 15.4. The number of H-pyrrole nitrogens is 1. The van der Waals surface area contributed by atoms with E-state index in [0.29, 0.717) is 33.8 Å². The Morgan fingerprint density at radius 3 is 2.76 bits per heavy atom. The van der Waals surface area contributed by atoms with Gasteiger partial charge in [-0.1, -0.05) is 0 Å². The number of rotatable bonds is 5. The van der Waals surface area contributed by atoms with E-state index in [0.717, 1.165) is 19.5 Å². The number of hydrogen-bond donors (Lipinski definition) is 1. The monoisotopic (exact) mass is 361 g/mol. The van der Waals surface area contributed by atoms with Crippen LogP contribution in [-0.4, -0.2) is 46.7 Å². The van der Waals surface area contributed by atoms with Gasteiger partial charge in [0.05, 0.1) is 23.6 Å². The Balaban J connectivity index is 1.87. The number of nitrogens with zero attached hydrogens (tertiary/aromatic N) is 2. The van der Waals surface area contributed by atoms with Crippen LogP contribution in [0.4, 0.5) is 0 Å². The normalized spacial score (nSPS) is 16.2. The van der Waals surface area contributed by atoms with E-state index in [1.807, 2.05) is 0 Å². The zero-order chi connectivity index (χ0) is 18.0. The van der Waals surface area contributed by atoms with Gasteiger partial charge in [-0.3, -0.25) is 9.36 Å². The van der Waals surface area contributed by atoms with Crippen LogP contribution in [0.15, 0.2) is 23.0 Å². The second-order valence-electron chi connectivity index (χ2n) is 6.52. The van der Waals surface area contributed by atoms with Crippen molar-refractivity contribution in [2.75, 3.05) is 20.2 Å². The molecule has 1 aliphatic heterocycles. The summed E-state index contributed by atoms with van der Waals surface area (Å²) in [5.41, 5.74) is 0.825. The lowest BCUT2D eigenvalue weighted by Gasteiger charge is -2.23. The smallest absolute Gasteiger partial charge is 0.337 e. The number of aromatic nitrogens is 2. The van der Waals surface area contributed by atoms with Crippen LogP contribution in [0.3, 0.4) is 0 Å². The Labute approximate surface area is 151 Å². The topological polar surface area (TPSA) is 67.3 Å². The minimum Gasteiger partial charge on any atom is -0.465 e. The molecule has 0 bridgehead atoms. The van der Waals surface area contributed by atoms with Gasteiger partial charge in [0, 0.05) is 12.6 Å². The number of carbonyl (C=O) groups excluding carboxylic acids is 1. The Morgan fingerprint density at radius 1 is 1.36 bits per heavy atom. The molecule has 1 aromatic carbocycles. The summed E-state index contributed by atoms with van der Waals surface area (Å²) in [4.78, 5) is 30.0. The molecule has 6 nitrogen and oxygen atoms in total. The third-order valence-electron chi connectivity index (χ3n) is 4.94. The molecule has 0 spiro atoms. The average molecular weight is 361 g/mol. The molecule has 1 saturated heterocycles. The van der Waals surface area contributed by atoms with Crippen molar-refractivity contribution in [3.63, 3.8) is 0 Å². The second kappa shape index (κ2) is 7.49. The minimum atomic E-state index is -0.440. The van der Waals surface area contributed by atoms with E-state index in [9.17, 15) is 9.59 Å². The van der Waals surface area contributed by atoms with Crippen molar-refractivity contribution in [3.8, 4) is 0 Å². The van der Waals surface area contributed by atoms with Gasteiger partial charge >= 0.3 is 5.97 Å². The quantitative estimate of drug-likeness (QED) is 0.655. The molecule has 7 heteroatoms. The highest BCUT2D eigenvalue weighted by Crippen LogP contribution is 2.15. The van der Waals surface area contributed by atoms with E-state index in [2.05, 4.69) is 16.8 Å². The van der Waals surface area contributed by atoms with Crippen LogP contribution in [0, 0.1) is 4.77 Å². The molecule has 0 aliphatic carbocycles. The van der Waals surface area contributed by atoms with Gasteiger partial charge in [0.25, 0.3) is 5.56 Å². The SMILES string of the molecule is COC(=O)c1ccc2c(=O)n(CCC(C)N3CCCC3)c(=S)[nH]c2c1. The third kappa shape index (κ3) is 3.67. The minimum absolute atomic E-state index is 0.121. The molecule has 0 saturated carbocycles. The Hall–Kier alpha value is -1.99. The summed E-state index contributed by atoms with van der Waals surface area (Å²) in [6.07, 6.45) is 3.38. The van der Waals surface area contributed by atoms with Gasteiger partial charge in [-0.25, -0.2) is 4.79 Å². The first-order valence-electron chi connectivity index (χ1n) is 8.60. The van der Waals surface area contributed by atoms with E-state index in [1.165, 1.54) is 20.0 Å². The molecule has 2 heterocycles. The first-order chi connectivity index (χ1) is 12.0. The summed E-state index contributed by atoms with van der Waals surface area (Å²) in [6, 6.07) is 5.29. The summed E-state index contributed by atoms with van der Waals surface area (Å²) in [5.74, 6) is -0.440. The number of nitrogens with one attached hydrogen (secondary N) is 1. The van der Waals surface area contributed by atoms with Crippen LogP contribution >= 0.6 is 12.2 Å². The molecule has 1 N–H and O–H groups in total. The van der Waals surface area contributed by atoms with Crippen LogP contribution < -0.4 is 5.56 Å². The second-order valence-corrected chi connectivity index (χ2v) is 6.91. The Morgan fingerprint density at radius 2 is 2.08 bits per heavy atom. The molecule has 134 valence electrons. The standard InChI is InChI=1S/C18H23N3O3S/c1-12(20-8-3-4-9-20)7-10-21-16(22)14-6-5-13(17(23)24-2)11-15(14)19-18(21)25/h5-6,11-12H,3-4,7-10H2,1-2H3,(H,19,25). The van der Waals surface area contributed by atoms with Gasteiger partial charge in [-0.15, -0.1) is 0 Å². The van der Waals surface area contributed by atoms with Gasteiger partial charge in [-0.2, -0.15) is 0 Å². The molecule has 2 aromatic rings. The van der Waals surface area contributed by atoms with Gasteiger partial charge in [0.15, 0.2) is 4.77 Å². The summed E-state index contributed by atoms with van der Waals surface area (Å²) >= 11 is 5.37. The summed E-state index contributed by atoms with van der Waals surface area (Å²) in [5, 5.41) is 0.523. The van der Waals surface area contributed by atoms with E-state index < -0.39 is 5.97 Å². The van der Waals surface area contributed by atoms with Crippen LogP contribution in [0.1, 0.15) is 36.5 Å². The van der Waals surface area contributed by atoms with Crippen LogP contribution in [0.25, 0.3) is 10.9 Å². The Bertz CT molecular complexity index is 897. The zero-order valence-electron chi connectivity index (χ0n) is 14.6. The molecular formula is C18H23N3O3S. The highest BCUT2D eigenvalue weighted by atomic mass is 32.1. The molecule has 1 aliphatic rings. The molecule has 1 unspecified atom stereocenters. The van der Waals surface area contributed by atoms with Gasteiger partial charge in [-0.05, 0) is 69.7 Å². The maximum Gasteiger partial charge on any atom is 0.337 e. The fourth-order valence-electron chi connectivity index (χ4n) is 3.38. The number of fused-ring (bicyclic) bond motifs is 1. The lowest BCUT2D eigenvalue weighted by atomic mass is 10.1. The maximum absolute atomic E-state index is 12.8. The molecular weight excluding hydrogens is 338 g/mol. The molecule has 0 radical (unpaired) electrons. The largest absolute Gasteiger partial charge is 0.465 e. The lowest BCUT2D eigenvalue weighted by Crippen LogP contribution is -2.32. The fourth-order valence-corrected chi connectivity index (χ4v) is 3.67. The van der Waals surface area contributed by atoms with E-state index in [-0.39, 0.29) is 5.56 Å². The van der Waals surface area contributed by atoms with Crippen molar-refractivity contribution in [3.05, 3.63) is 38.9 Å². The van der Waals surface area contributed by atoms with Crippen LogP contribution in [0.2, 0.25) is 0 Å². The fraction of sp³-hybridized carbons (Fsp3) is 0.500. The molecule has 1 aromatic heterocycles. The van der Waals surface area contributed by atoms with Crippen molar-refractivity contribution < 1.29 is 9.53 Å². The summed E-state index contributed by atoms with van der Waals surface area (Å²) < 4.78 is 6.71. The number of likely N-dealkylation sites (tertiary alicyclic amines) is 1. The van der Waals surface area contributed by atoms with E-state index in [1.54, 1.807) is 22.8 Å². The number of hydrogen-bond acceptors (Lipinski definition) is 5. The molecule has 0 amide bonds. The van der Waals surface area contributed by atoms with Crippen molar-refractivity contribution in [2.45, 2.75) is 38.8 Å². The molecule has 3 rings (SSSR count). The third-order valence-corrected chi connectivity index (χ3v) is 5.26. The molecule has 1 atom stereocenters. The number of ether oxygens (including phenoxy) is 1. The van der Waals surface area contributed by atoms with Crippen LogP contribution in [0.5, 0.6) is 0 Å². The van der Waals surface area contributed by atoms with E-state index >= 15 is 0 Å². The predicted molar refractivity (Wildman–Crippen MR) is 99.6 cm³/mol. The average Bonchev–Trinajstić information content (AvgIpc) is 3.14. The first-order valence-corrected chi connectivity index (χ1v) is 9.01. The number of esters is 1. The highest BCUT2D eigenvalue weighted by Gasteiger charge is 2.18. The van der Waals surface area contributed by atoms with Crippen molar-refractivity contribution in [1.29, 1.82) is 0 Å². The number of benzene rings is 1.